The first kappa shape index (κ1) is 19.3. The molecule has 1 fully saturated rings. The lowest BCUT2D eigenvalue weighted by Gasteiger charge is -2.17. The van der Waals surface area contributed by atoms with Crippen LogP contribution in [0, 0.1) is 10.1 Å². The molecular weight excluding hydrogens is 362 g/mol. The van der Waals surface area contributed by atoms with E-state index in [1.165, 1.54) is 6.07 Å². The van der Waals surface area contributed by atoms with E-state index in [2.05, 4.69) is 5.32 Å². The van der Waals surface area contributed by atoms with Crippen LogP contribution in [-0.2, 0) is 22.6 Å². The van der Waals surface area contributed by atoms with Crippen LogP contribution in [0.4, 0.5) is 5.69 Å². The molecular formula is C20H21N3O5. The van der Waals surface area contributed by atoms with Crippen LogP contribution in [0.3, 0.4) is 0 Å². The molecule has 146 valence electrons. The predicted molar refractivity (Wildman–Crippen MR) is 102 cm³/mol. The maximum absolute atomic E-state index is 12.3. The third kappa shape index (κ3) is 4.64. The van der Waals surface area contributed by atoms with E-state index in [9.17, 15) is 19.7 Å². The summed E-state index contributed by atoms with van der Waals surface area (Å²) in [5.41, 5.74) is 1.28. The molecule has 0 saturated carbocycles. The molecule has 1 unspecified atom stereocenters. The van der Waals surface area contributed by atoms with Gasteiger partial charge in [0.05, 0.1) is 31.0 Å². The highest BCUT2D eigenvalue weighted by molar-refractivity contribution is 5.83. The standard InChI is InChI=1S/C20H21N3O5/c1-28-17-7-4-5-14(9-17)10-19(24)21-16-11-20(25)22(13-16)12-15-6-2-3-8-18(15)23(26)27/h2-9,16H,10-13H2,1H3,(H,21,24). The fourth-order valence-electron chi connectivity index (χ4n) is 3.30. The molecule has 0 aliphatic carbocycles. The number of ether oxygens (including phenoxy) is 1. The number of nitrogens with one attached hydrogen (secondary N) is 1. The minimum Gasteiger partial charge on any atom is -0.497 e. The summed E-state index contributed by atoms with van der Waals surface area (Å²) in [7, 11) is 1.56. The van der Waals surface area contributed by atoms with Crippen LogP contribution in [0.2, 0.25) is 0 Å². The first-order valence-corrected chi connectivity index (χ1v) is 8.88. The van der Waals surface area contributed by atoms with Crippen molar-refractivity contribution in [3.05, 3.63) is 69.8 Å². The molecule has 2 aromatic rings. The molecule has 2 amide bonds. The van der Waals surface area contributed by atoms with Gasteiger partial charge in [0, 0.05) is 24.6 Å². The Bertz CT molecular complexity index is 899. The van der Waals surface area contributed by atoms with Gasteiger partial charge in [0.15, 0.2) is 0 Å². The Balaban J connectivity index is 1.58. The lowest BCUT2D eigenvalue weighted by molar-refractivity contribution is -0.385. The zero-order valence-corrected chi connectivity index (χ0v) is 15.5. The number of nitrogens with zero attached hydrogens (tertiary/aromatic N) is 2. The number of rotatable bonds is 7. The number of carbonyl (C=O) groups is 2. The number of likely N-dealkylation sites (tertiary alicyclic amines) is 1. The molecule has 0 spiro atoms. The molecule has 1 N–H and O–H groups in total. The minimum absolute atomic E-state index is 0.0131. The van der Waals surface area contributed by atoms with Crippen molar-refractivity contribution < 1.29 is 19.2 Å². The fraction of sp³-hybridized carbons (Fsp3) is 0.300. The maximum Gasteiger partial charge on any atom is 0.274 e. The van der Waals surface area contributed by atoms with Gasteiger partial charge in [-0.05, 0) is 17.7 Å². The molecule has 0 radical (unpaired) electrons. The molecule has 1 aliphatic rings. The van der Waals surface area contributed by atoms with Crippen molar-refractivity contribution in [3.8, 4) is 5.75 Å². The summed E-state index contributed by atoms with van der Waals surface area (Å²) < 4.78 is 5.15. The highest BCUT2D eigenvalue weighted by atomic mass is 16.6. The first-order chi connectivity index (χ1) is 13.5. The second kappa shape index (κ2) is 8.51. The van der Waals surface area contributed by atoms with E-state index in [4.69, 9.17) is 4.74 Å². The zero-order valence-electron chi connectivity index (χ0n) is 15.5. The van der Waals surface area contributed by atoms with Gasteiger partial charge < -0.3 is 15.0 Å². The van der Waals surface area contributed by atoms with Crippen LogP contribution in [0.25, 0.3) is 0 Å². The van der Waals surface area contributed by atoms with Crippen molar-refractivity contribution in [2.24, 2.45) is 0 Å². The molecule has 1 saturated heterocycles. The SMILES string of the molecule is COc1cccc(CC(=O)NC2CC(=O)N(Cc3ccccc3[N+](=O)[O-])C2)c1. The van der Waals surface area contributed by atoms with Gasteiger partial charge >= 0.3 is 0 Å². The fourth-order valence-corrected chi connectivity index (χ4v) is 3.30. The summed E-state index contributed by atoms with van der Waals surface area (Å²) in [6, 6.07) is 13.3. The van der Waals surface area contributed by atoms with E-state index in [1.807, 2.05) is 12.1 Å². The molecule has 0 aromatic heterocycles. The molecule has 1 atom stereocenters. The predicted octanol–water partition coefficient (Wildman–Crippen LogP) is 2.06. The number of amides is 2. The molecule has 8 heteroatoms. The van der Waals surface area contributed by atoms with Crippen molar-refractivity contribution >= 4 is 17.5 Å². The Morgan fingerprint density at radius 2 is 2.07 bits per heavy atom. The summed E-state index contributed by atoms with van der Waals surface area (Å²) in [6.07, 6.45) is 0.372. The summed E-state index contributed by atoms with van der Waals surface area (Å²) in [5, 5.41) is 14.0. The highest BCUT2D eigenvalue weighted by Gasteiger charge is 2.31. The average molecular weight is 383 g/mol. The van der Waals surface area contributed by atoms with Gasteiger partial charge in [-0.25, -0.2) is 0 Å². The Kier molecular flexibility index (Phi) is 5.88. The number of benzene rings is 2. The zero-order chi connectivity index (χ0) is 20.1. The van der Waals surface area contributed by atoms with Crippen molar-refractivity contribution in [3.63, 3.8) is 0 Å². The smallest absolute Gasteiger partial charge is 0.274 e. The van der Waals surface area contributed by atoms with Crippen LogP contribution in [-0.4, -0.2) is 41.3 Å². The Labute approximate surface area is 162 Å². The number of hydrogen-bond acceptors (Lipinski definition) is 5. The topological polar surface area (TPSA) is 102 Å². The van der Waals surface area contributed by atoms with Gasteiger partial charge in [-0.2, -0.15) is 0 Å². The monoisotopic (exact) mass is 383 g/mol. The van der Waals surface area contributed by atoms with E-state index in [1.54, 1.807) is 42.3 Å². The van der Waals surface area contributed by atoms with Crippen LogP contribution in [0.15, 0.2) is 48.5 Å². The summed E-state index contributed by atoms with van der Waals surface area (Å²) in [6.45, 7) is 0.479. The average Bonchev–Trinajstić information content (AvgIpc) is 3.00. The Morgan fingerprint density at radius 3 is 2.82 bits per heavy atom. The van der Waals surface area contributed by atoms with Gasteiger partial charge in [-0.3, -0.25) is 19.7 Å². The van der Waals surface area contributed by atoms with Gasteiger partial charge in [0.2, 0.25) is 11.8 Å². The van der Waals surface area contributed by atoms with E-state index < -0.39 is 4.92 Å². The third-order valence-corrected chi connectivity index (χ3v) is 4.63. The quantitative estimate of drug-likeness (QED) is 0.582. The van der Waals surface area contributed by atoms with Crippen molar-refractivity contribution in [2.75, 3.05) is 13.7 Å². The summed E-state index contributed by atoms with van der Waals surface area (Å²) >= 11 is 0. The number of carbonyl (C=O) groups excluding carboxylic acids is 2. The molecule has 3 rings (SSSR count). The molecule has 2 aromatic carbocycles. The van der Waals surface area contributed by atoms with E-state index in [-0.39, 0.29) is 42.9 Å². The van der Waals surface area contributed by atoms with E-state index in [0.717, 1.165) is 5.56 Å². The van der Waals surface area contributed by atoms with Crippen molar-refractivity contribution in [1.29, 1.82) is 0 Å². The van der Waals surface area contributed by atoms with Crippen LogP contribution in [0.5, 0.6) is 5.75 Å². The van der Waals surface area contributed by atoms with Crippen LogP contribution >= 0.6 is 0 Å². The van der Waals surface area contributed by atoms with Crippen LogP contribution in [0.1, 0.15) is 17.5 Å². The maximum atomic E-state index is 12.3. The van der Waals surface area contributed by atoms with Gasteiger partial charge in [-0.1, -0.05) is 30.3 Å². The highest BCUT2D eigenvalue weighted by Crippen LogP contribution is 2.22. The van der Waals surface area contributed by atoms with Crippen LogP contribution < -0.4 is 10.1 Å². The minimum atomic E-state index is -0.455. The van der Waals surface area contributed by atoms with Gasteiger partial charge in [0.25, 0.3) is 5.69 Å². The molecule has 8 nitrogen and oxygen atoms in total. The molecule has 1 aliphatic heterocycles. The lowest BCUT2D eigenvalue weighted by atomic mass is 10.1. The van der Waals surface area contributed by atoms with Crippen molar-refractivity contribution in [1.82, 2.24) is 10.2 Å². The Hall–Kier alpha value is -3.42. The molecule has 0 bridgehead atoms. The Morgan fingerprint density at radius 1 is 1.29 bits per heavy atom. The number of hydrogen-bond donors (Lipinski definition) is 1. The number of para-hydroxylation sites is 1. The number of methoxy groups -OCH3 is 1. The second-order valence-electron chi connectivity index (χ2n) is 6.66. The summed E-state index contributed by atoms with van der Waals surface area (Å²) in [4.78, 5) is 36.8. The number of nitro benzene ring substituents is 1. The summed E-state index contributed by atoms with van der Waals surface area (Å²) in [5.74, 6) is 0.361. The first-order valence-electron chi connectivity index (χ1n) is 8.88. The third-order valence-electron chi connectivity index (χ3n) is 4.63. The van der Waals surface area contributed by atoms with Gasteiger partial charge in [0.1, 0.15) is 5.75 Å². The second-order valence-corrected chi connectivity index (χ2v) is 6.66. The normalized spacial score (nSPS) is 16.1. The van der Waals surface area contributed by atoms with Crippen molar-refractivity contribution in [2.45, 2.75) is 25.4 Å². The largest absolute Gasteiger partial charge is 0.497 e. The molecule has 28 heavy (non-hydrogen) atoms. The van der Waals surface area contributed by atoms with Gasteiger partial charge in [-0.15, -0.1) is 0 Å². The molecule has 1 heterocycles. The number of nitro groups is 1. The lowest BCUT2D eigenvalue weighted by Crippen LogP contribution is -2.37. The van der Waals surface area contributed by atoms with E-state index in [0.29, 0.717) is 17.9 Å². The van der Waals surface area contributed by atoms with E-state index >= 15 is 0 Å².